The minimum atomic E-state index is -4.24. The van der Waals surface area contributed by atoms with Crippen molar-refractivity contribution in [1.82, 2.24) is 3.97 Å². The van der Waals surface area contributed by atoms with Gasteiger partial charge in [0.2, 0.25) is 5.00 Å². The first-order chi connectivity index (χ1) is 18.7. The highest BCUT2D eigenvalue weighted by atomic mass is 35.5. The molecule has 0 aliphatic heterocycles. The van der Waals surface area contributed by atoms with Crippen molar-refractivity contribution in [1.29, 1.82) is 0 Å². The third kappa shape index (κ3) is 4.21. The van der Waals surface area contributed by atoms with Gasteiger partial charge in [-0.3, -0.25) is 4.79 Å². The van der Waals surface area contributed by atoms with Crippen molar-refractivity contribution in [2.24, 2.45) is 5.92 Å². The molecule has 1 fully saturated rings. The summed E-state index contributed by atoms with van der Waals surface area (Å²) in [6, 6.07) is 18.5. The number of thiophene rings is 1. The predicted octanol–water partition coefficient (Wildman–Crippen LogP) is 7.81. The minimum Gasteiger partial charge on any atom is -0.481 e. The number of aliphatic carboxylic acids is 1. The number of carbonyl (C=O) groups is 1. The molecule has 0 saturated heterocycles. The molecule has 2 unspecified atom stereocenters. The summed E-state index contributed by atoms with van der Waals surface area (Å²) in [5.41, 5.74) is 2.70. The summed E-state index contributed by atoms with van der Waals surface area (Å²) < 4.78 is 44.3. The lowest BCUT2D eigenvalue weighted by Crippen LogP contribution is -2.14. The number of hydrogen-bond donors (Lipinski definition) is 1. The molecular formula is C29H18ClFN2O4S2. The first-order valence-corrected chi connectivity index (χ1v) is 14.5. The zero-order chi connectivity index (χ0) is 27.5. The highest BCUT2D eigenvalue weighted by molar-refractivity contribution is 7.90. The molecule has 0 amide bonds. The summed E-state index contributed by atoms with van der Waals surface area (Å²) in [5, 5.41) is 12.3. The maximum atomic E-state index is 14.7. The lowest BCUT2D eigenvalue weighted by Gasteiger charge is -2.15. The molecule has 1 aliphatic rings. The molecule has 2 heterocycles. The molecule has 5 aromatic rings. The highest BCUT2D eigenvalue weighted by Crippen LogP contribution is 2.51. The van der Waals surface area contributed by atoms with Gasteiger partial charge >= 0.3 is 5.97 Å². The second kappa shape index (κ2) is 9.35. The van der Waals surface area contributed by atoms with Gasteiger partial charge in [-0.15, -0.1) is 0 Å². The zero-order valence-electron chi connectivity index (χ0n) is 20.0. The minimum absolute atomic E-state index is 0.0130. The van der Waals surface area contributed by atoms with Crippen LogP contribution in [0.5, 0.6) is 0 Å². The molecule has 2 atom stereocenters. The van der Waals surface area contributed by atoms with E-state index in [0.717, 1.165) is 5.56 Å². The van der Waals surface area contributed by atoms with Crippen LogP contribution in [0.25, 0.3) is 38.1 Å². The Morgan fingerprint density at radius 3 is 2.56 bits per heavy atom. The molecule has 1 N–H and O–H groups in total. The molecule has 0 spiro atoms. The summed E-state index contributed by atoms with van der Waals surface area (Å²) in [4.78, 5) is 15.2. The number of carboxylic acids is 1. The molecule has 10 heteroatoms. The van der Waals surface area contributed by atoms with Crippen molar-refractivity contribution in [3.05, 3.63) is 106 Å². The molecular weight excluding hydrogens is 559 g/mol. The molecule has 0 bridgehead atoms. The number of aromatic nitrogens is 1. The normalized spacial score (nSPS) is 16.7. The quantitative estimate of drug-likeness (QED) is 0.209. The second-order valence-electron chi connectivity index (χ2n) is 9.27. The van der Waals surface area contributed by atoms with Crippen LogP contribution in [0.3, 0.4) is 0 Å². The number of fused-ring (bicyclic) bond motifs is 1. The molecule has 3 aromatic carbocycles. The number of halogens is 2. The van der Waals surface area contributed by atoms with Gasteiger partial charge in [-0.2, -0.15) is 11.3 Å². The Hall–Kier alpha value is -3.97. The van der Waals surface area contributed by atoms with Crippen molar-refractivity contribution in [2.45, 2.75) is 17.2 Å². The largest absolute Gasteiger partial charge is 0.481 e. The summed E-state index contributed by atoms with van der Waals surface area (Å²) in [6.07, 6.45) is 0.495. The van der Waals surface area contributed by atoms with E-state index >= 15 is 0 Å². The molecule has 194 valence electrons. The van der Waals surface area contributed by atoms with E-state index < -0.39 is 27.7 Å². The van der Waals surface area contributed by atoms with Gasteiger partial charge in [0.1, 0.15) is 5.82 Å². The van der Waals surface area contributed by atoms with Crippen molar-refractivity contribution >= 4 is 54.8 Å². The maximum absolute atomic E-state index is 14.7. The second-order valence-corrected chi connectivity index (χ2v) is 12.4. The van der Waals surface area contributed by atoms with E-state index in [0.29, 0.717) is 38.5 Å². The van der Waals surface area contributed by atoms with Crippen molar-refractivity contribution in [3.63, 3.8) is 0 Å². The Labute approximate surface area is 232 Å². The van der Waals surface area contributed by atoms with Crippen LogP contribution in [0.2, 0.25) is 5.02 Å². The van der Waals surface area contributed by atoms with Crippen LogP contribution >= 0.6 is 22.9 Å². The number of benzene rings is 3. The van der Waals surface area contributed by atoms with Gasteiger partial charge in [0.15, 0.2) is 0 Å². The van der Waals surface area contributed by atoms with E-state index in [1.54, 1.807) is 29.6 Å². The van der Waals surface area contributed by atoms with E-state index in [2.05, 4.69) is 4.85 Å². The molecule has 1 aliphatic carbocycles. The van der Waals surface area contributed by atoms with E-state index in [9.17, 15) is 22.7 Å². The first-order valence-electron chi connectivity index (χ1n) is 11.8. The van der Waals surface area contributed by atoms with Crippen LogP contribution in [0.4, 0.5) is 9.39 Å². The van der Waals surface area contributed by atoms with E-state index in [4.69, 9.17) is 18.2 Å². The number of rotatable bonds is 6. The van der Waals surface area contributed by atoms with Gasteiger partial charge in [0, 0.05) is 27.1 Å². The average molecular weight is 577 g/mol. The number of hydrogen-bond acceptors (Lipinski definition) is 4. The van der Waals surface area contributed by atoms with Gasteiger partial charge in [-0.05, 0) is 71.8 Å². The molecule has 2 aromatic heterocycles. The Morgan fingerprint density at radius 1 is 1.10 bits per heavy atom. The van der Waals surface area contributed by atoms with Crippen LogP contribution in [0.15, 0.2) is 83.1 Å². The fourth-order valence-corrected chi connectivity index (χ4v) is 7.42. The third-order valence-corrected chi connectivity index (χ3v) is 9.74. The van der Waals surface area contributed by atoms with E-state index in [1.807, 2.05) is 6.07 Å². The first kappa shape index (κ1) is 25.3. The van der Waals surface area contributed by atoms with Crippen LogP contribution < -0.4 is 0 Å². The SMILES string of the molecule is [C-]#[N+]c1sccc1-c1c(-c2cccc(C3CC3C(=O)O)c2)n(S(=O)(=O)c2ccc(Cl)cc2)c2ccc(F)cc12. The monoisotopic (exact) mass is 576 g/mol. The van der Waals surface area contributed by atoms with E-state index in [-0.39, 0.29) is 22.0 Å². The van der Waals surface area contributed by atoms with Crippen molar-refractivity contribution < 1.29 is 22.7 Å². The van der Waals surface area contributed by atoms with Crippen LogP contribution in [-0.4, -0.2) is 23.5 Å². The fraction of sp³-hybridized carbons (Fsp3) is 0.103. The highest BCUT2D eigenvalue weighted by Gasteiger charge is 2.44. The Kier molecular flexibility index (Phi) is 6.07. The molecule has 39 heavy (non-hydrogen) atoms. The van der Waals surface area contributed by atoms with Crippen molar-refractivity contribution in [2.75, 3.05) is 0 Å². The van der Waals surface area contributed by atoms with Crippen LogP contribution in [0, 0.1) is 18.3 Å². The van der Waals surface area contributed by atoms with Crippen LogP contribution in [0.1, 0.15) is 17.9 Å². The Balaban J connectivity index is 1.72. The maximum Gasteiger partial charge on any atom is 0.307 e. The lowest BCUT2D eigenvalue weighted by molar-refractivity contribution is -0.138. The van der Waals surface area contributed by atoms with Gasteiger partial charge in [-0.1, -0.05) is 35.9 Å². The molecule has 6 rings (SSSR count). The summed E-state index contributed by atoms with van der Waals surface area (Å²) >= 11 is 7.24. The smallest absolute Gasteiger partial charge is 0.307 e. The molecule has 0 radical (unpaired) electrons. The summed E-state index contributed by atoms with van der Waals surface area (Å²) in [7, 11) is -4.24. The molecule has 1 saturated carbocycles. The Morgan fingerprint density at radius 2 is 1.87 bits per heavy atom. The standard InChI is InChI=1S/C29H18ClFN2O4S2/c1-32-28-21(11-12-38-28)26-24-14-19(31)7-10-25(24)33(39(36,37)20-8-5-18(30)6-9-20)27(26)17-4-2-3-16(13-17)22-15-23(22)29(34)35/h2-14,22-23H,15H2,(H,34,35). The van der Waals surface area contributed by atoms with Crippen LogP contribution in [-0.2, 0) is 14.8 Å². The lowest BCUT2D eigenvalue weighted by atomic mass is 9.97. The van der Waals surface area contributed by atoms with Gasteiger partial charge in [-0.25, -0.2) is 21.6 Å². The van der Waals surface area contributed by atoms with Gasteiger partial charge in [0.05, 0.1) is 28.6 Å². The summed E-state index contributed by atoms with van der Waals surface area (Å²) in [5.74, 6) is -2.11. The van der Waals surface area contributed by atoms with Gasteiger partial charge < -0.3 is 5.11 Å². The summed E-state index contributed by atoms with van der Waals surface area (Å²) in [6.45, 7) is 7.69. The topological polar surface area (TPSA) is 80.7 Å². The fourth-order valence-electron chi connectivity index (χ4n) is 5.06. The number of nitrogens with zero attached hydrogens (tertiary/aromatic N) is 2. The third-order valence-electron chi connectivity index (χ3n) is 6.95. The number of carboxylic acid groups (broad SMARTS) is 1. The van der Waals surface area contributed by atoms with Gasteiger partial charge in [0.25, 0.3) is 10.0 Å². The average Bonchev–Trinajstić information content (AvgIpc) is 3.48. The van der Waals surface area contributed by atoms with Crippen molar-refractivity contribution in [3.8, 4) is 22.4 Å². The zero-order valence-corrected chi connectivity index (χ0v) is 22.4. The predicted molar refractivity (Wildman–Crippen MR) is 149 cm³/mol. The molecule has 6 nitrogen and oxygen atoms in total. The van der Waals surface area contributed by atoms with E-state index in [1.165, 1.54) is 57.8 Å². The Bertz CT molecular complexity index is 1940.